The van der Waals surface area contributed by atoms with Gasteiger partial charge in [0.2, 0.25) is 8.32 Å². The second-order valence-corrected chi connectivity index (χ2v) is 13.7. The van der Waals surface area contributed by atoms with Gasteiger partial charge in [0.15, 0.2) is 0 Å². The van der Waals surface area contributed by atoms with Crippen molar-refractivity contribution in [2.75, 3.05) is 6.61 Å². The number of carbonyl (C=O) groups excluding carboxylic acids is 2. The summed E-state index contributed by atoms with van der Waals surface area (Å²) in [7, 11) is -1.96. The molecular weight excluding hydrogens is 344 g/mol. The Morgan fingerprint density at radius 1 is 1.08 bits per heavy atom. The van der Waals surface area contributed by atoms with Gasteiger partial charge in [0.05, 0.1) is 12.2 Å². The van der Waals surface area contributed by atoms with Crippen molar-refractivity contribution in [3.63, 3.8) is 0 Å². The van der Waals surface area contributed by atoms with Crippen molar-refractivity contribution in [3.8, 4) is 5.75 Å². The smallest absolute Gasteiger partial charge is 0.338 e. The zero-order valence-electron chi connectivity index (χ0n) is 17.6. The van der Waals surface area contributed by atoms with Crippen LogP contribution in [0.4, 0.5) is 0 Å². The highest BCUT2D eigenvalue weighted by Gasteiger charge is 2.39. The summed E-state index contributed by atoms with van der Waals surface area (Å²) in [5.41, 5.74) is 0.00308. The van der Waals surface area contributed by atoms with E-state index in [9.17, 15) is 9.59 Å². The van der Waals surface area contributed by atoms with Crippen LogP contribution in [0.25, 0.3) is 0 Å². The molecule has 1 aromatic carbocycles. The van der Waals surface area contributed by atoms with E-state index >= 15 is 0 Å². The molecule has 4 nitrogen and oxygen atoms in total. The fourth-order valence-electron chi connectivity index (χ4n) is 2.23. The second kappa shape index (κ2) is 8.38. The average Bonchev–Trinajstić information content (AvgIpc) is 2.52. The quantitative estimate of drug-likeness (QED) is 0.435. The van der Waals surface area contributed by atoms with Gasteiger partial charge >= 0.3 is 5.97 Å². The van der Waals surface area contributed by atoms with Crippen LogP contribution in [0.3, 0.4) is 0 Å². The monoisotopic (exact) mass is 378 g/mol. The third-order valence-electron chi connectivity index (χ3n) is 5.29. The van der Waals surface area contributed by atoms with E-state index in [4.69, 9.17) is 9.16 Å². The van der Waals surface area contributed by atoms with Crippen molar-refractivity contribution in [1.82, 2.24) is 0 Å². The summed E-state index contributed by atoms with van der Waals surface area (Å²) in [6.07, 6.45) is 1.01. The number of hydrogen-bond acceptors (Lipinski definition) is 4. The largest absolute Gasteiger partial charge is 0.543 e. The molecule has 0 atom stereocenters. The Bertz CT molecular complexity index is 642. The molecular formula is C21H34O4Si. The lowest BCUT2D eigenvalue weighted by atomic mass is 9.84. The molecule has 0 amide bonds. The van der Waals surface area contributed by atoms with Gasteiger partial charge in [0, 0.05) is 11.8 Å². The van der Waals surface area contributed by atoms with Crippen molar-refractivity contribution in [2.24, 2.45) is 5.41 Å². The highest BCUT2D eigenvalue weighted by molar-refractivity contribution is 6.74. The van der Waals surface area contributed by atoms with Crippen LogP contribution in [0.1, 0.15) is 64.7 Å². The molecule has 1 aromatic rings. The molecule has 26 heavy (non-hydrogen) atoms. The minimum atomic E-state index is -1.96. The van der Waals surface area contributed by atoms with Crippen LogP contribution in [0.15, 0.2) is 24.3 Å². The van der Waals surface area contributed by atoms with Crippen molar-refractivity contribution in [1.29, 1.82) is 0 Å². The van der Waals surface area contributed by atoms with Crippen molar-refractivity contribution in [2.45, 2.75) is 72.5 Å². The Kier molecular flexibility index (Phi) is 7.22. The summed E-state index contributed by atoms with van der Waals surface area (Å²) in [4.78, 5) is 24.2. The van der Waals surface area contributed by atoms with Gasteiger partial charge in [-0.05, 0) is 42.8 Å². The molecule has 0 fully saturated rings. The van der Waals surface area contributed by atoms with E-state index in [1.807, 2.05) is 32.9 Å². The minimum Gasteiger partial charge on any atom is -0.543 e. The summed E-state index contributed by atoms with van der Waals surface area (Å²) in [6, 6.07) is 7.15. The lowest BCUT2D eigenvalue weighted by Gasteiger charge is -2.36. The van der Waals surface area contributed by atoms with Gasteiger partial charge in [-0.1, -0.05) is 47.6 Å². The van der Waals surface area contributed by atoms with Crippen molar-refractivity contribution < 1.29 is 18.8 Å². The summed E-state index contributed by atoms with van der Waals surface area (Å²) in [5.74, 6) is 0.497. The third kappa shape index (κ3) is 5.97. The Morgan fingerprint density at radius 2 is 1.69 bits per heavy atom. The molecule has 0 heterocycles. The van der Waals surface area contributed by atoms with Gasteiger partial charge in [0.1, 0.15) is 11.5 Å². The Labute approximate surface area is 159 Å². The lowest BCUT2D eigenvalue weighted by Crippen LogP contribution is -2.43. The first kappa shape index (κ1) is 22.4. The van der Waals surface area contributed by atoms with Gasteiger partial charge in [-0.25, -0.2) is 4.79 Å². The molecule has 0 bridgehead atoms. The molecule has 5 heteroatoms. The summed E-state index contributed by atoms with van der Waals surface area (Å²) in [6.45, 7) is 16.7. The molecule has 0 radical (unpaired) electrons. The molecule has 0 spiro atoms. The third-order valence-corrected chi connectivity index (χ3v) is 9.64. The van der Waals surface area contributed by atoms with Crippen molar-refractivity contribution in [3.05, 3.63) is 29.8 Å². The summed E-state index contributed by atoms with van der Waals surface area (Å²) >= 11 is 0. The average molecular weight is 379 g/mol. The zero-order chi connectivity index (χ0) is 20.2. The molecule has 146 valence electrons. The Morgan fingerprint density at radius 3 is 2.23 bits per heavy atom. The molecule has 0 unspecified atom stereocenters. The van der Waals surface area contributed by atoms with Crippen LogP contribution in [-0.2, 0) is 9.53 Å². The standard InChI is InChI=1S/C21H34O4Si/c1-9-18(22)21(5,6)13-14-24-19(23)16-11-10-12-17(15-16)25-26(7,8)20(2,3)4/h10-12,15H,9,13-14H2,1-8H3. The maximum atomic E-state index is 12.3. The zero-order valence-corrected chi connectivity index (χ0v) is 18.6. The number of ether oxygens (including phenoxy) is 1. The summed E-state index contributed by atoms with van der Waals surface area (Å²) in [5, 5.41) is 0.0842. The fraction of sp³-hybridized carbons (Fsp3) is 0.619. The van der Waals surface area contributed by atoms with Crippen LogP contribution in [-0.4, -0.2) is 26.7 Å². The first-order chi connectivity index (χ1) is 11.8. The second-order valence-electron chi connectivity index (χ2n) is 8.94. The van der Waals surface area contributed by atoms with E-state index in [-0.39, 0.29) is 23.4 Å². The van der Waals surface area contributed by atoms with Crippen LogP contribution in [0, 0.1) is 5.41 Å². The molecule has 0 saturated heterocycles. The van der Waals surface area contributed by atoms with E-state index in [1.165, 1.54) is 0 Å². The Hall–Kier alpha value is -1.62. The molecule has 0 aromatic heterocycles. The highest BCUT2D eigenvalue weighted by Crippen LogP contribution is 2.37. The van der Waals surface area contributed by atoms with Crippen LogP contribution >= 0.6 is 0 Å². The normalized spacial score (nSPS) is 12.6. The molecule has 0 aliphatic rings. The first-order valence-electron chi connectivity index (χ1n) is 9.29. The first-order valence-corrected chi connectivity index (χ1v) is 12.2. The minimum absolute atomic E-state index is 0.0842. The molecule has 0 saturated carbocycles. The summed E-state index contributed by atoms with van der Waals surface area (Å²) < 4.78 is 11.6. The lowest BCUT2D eigenvalue weighted by molar-refractivity contribution is -0.127. The van der Waals surface area contributed by atoms with Gasteiger partial charge < -0.3 is 9.16 Å². The molecule has 0 N–H and O–H groups in total. The van der Waals surface area contributed by atoms with Gasteiger partial charge in [-0.15, -0.1) is 0 Å². The number of ketones is 1. The number of hydrogen-bond donors (Lipinski definition) is 0. The fourth-order valence-corrected chi connectivity index (χ4v) is 3.26. The number of carbonyl (C=O) groups is 2. The SMILES string of the molecule is CCC(=O)C(C)(C)CCOC(=O)c1cccc(O[Si](C)(C)C(C)(C)C)c1. The highest BCUT2D eigenvalue weighted by atomic mass is 28.4. The van der Waals surface area contributed by atoms with E-state index in [2.05, 4.69) is 33.9 Å². The molecule has 1 rings (SSSR count). The van der Waals surface area contributed by atoms with Gasteiger partial charge in [-0.2, -0.15) is 0 Å². The van der Waals surface area contributed by atoms with E-state index < -0.39 is 13.7 Å². The number of benzene rings is 1. The topological polar surface area (TPSA) is 52.6 Å². The van der Waals surface area contributed by atoms with E-state index in [0.29, 0.717) is 24.2 Å². The number of rotatable bonds is 8. The van der Waals surface area contributed by atoms with Crippen LogP contribution < -0.4 is 4.43 Å². The molecule has 0 aliphatic heterocycles. The van der Waals surface area contributed by atoms with Gasteiger partial charge in [0.25, 0.3) is 0 Å². The van der Waals surface area contributed by atoms with E-state index in [1.54, 1.807) is 12.1 Å². The van der Waals surface area contributed by atoms with Crippen LogP contribution in [0.2, 0.25) is 18.1 Å². The molecule has 0 aliphatic carbocycles. The van der Waals surface area contributed by atoms with Crippen molar-refractivity contribution >= 4 is 20.1 Å². The maximum Gasteiger partial charge on any atom is 0.338 e. The predicted octanol–water partition coefficient (Wildman–Crippen LogP) is 5.62. The van der Waals surface area contributed by atoms with E-state index in [0.717, 1.165) is 0 Å². The number of esters is 1. The van der Waals surface area contributed by atoms with Gasteiger partial charge in [-0.3, -0.25) is 4.79 Å². The Balaban J connectivity index is 2.73. The van der Waals surface area contributed by atoms with Crippen LogP contribution in [0.5, 0.6) is 5.75 Å². The number of Topliss-reactive ketones (excluding diaryl/α,β-unsaturated/α-hetero) is 1. The maximum absolute atomic E-state index is 12.3. The predicted molar refractivity (Wildman–Crippen MR) is 108 cm³/mol.